The van der Waals surface area contributed by atoms with Crippen LogP contribution in [-0.4, -0.2) is 6.54 Å². The number of fused-ring (bicyclic) bond motifs is 1. The van der Waals surface area contributed by atoms with Gasteiger partial charge in [-0.25, -0.2) is 0 Å². The molecule has 1 aliphatic rings. The van der Waals surface area contributed by atoms with E-state index in [1.807, 2.05) is 18.2 Å². The monoisotopic (exact) mass is 179 g/mol. The van der Waals surface area contributed by atoms with E-state index in [4.69, 9.17) is 17.3 Å². The van der Waals surface area contributed by atoms with E-state index in [1.165, 1.54) is 16.7 Å². The van der Waals surface area contributed by atoms with Gasteiger partial charge in [0.1, 0.15) is 0 Å². The maximum absolute atomic E-state index is 5.86. The minimum Gasteiger partial charge on any atom is -0.326 e. The van der Waals surface area contributed by atoms with Gasteiger partial charge in [0.15, 0.2) is 0 Å². The van der Waals surface area contributed by atoms with Crippen molar-refractivity contribution in [1.29, 1.82) is 0 Å². The SMILES string of the molecule is NCC1=CCc2cc(Cl)ccc21. The maximum atomic E-state index is 5.86. The van der Waals surface area contributed by atoms with Crippen molar-refractivity contribution < 1.29 is 0 Å². The molecule has 0 aromatic heterocycles. The van der Waals surface area contributed by atoms with Crippen molar-refractivity contribution in [3.8, 4) is 0 Å². The molecule has 0 aliphatic heterocycles. The van der Waals surface area contributed by atoms with E-state index in [9.17, 15) is 0 Å². The van der Waals surface area contributed by atoms with E-state index in [0.29, 0.717) is 6.54 Å². The second kappa shape index (κ2) is 2.92. The zero-order valence-electron chi connectivity index (χ0n) is 6.68. The quantitative estimate of drug-likeness (QED) is 0.703. The van der Waals surface area contributed by atoms with Gasteiger partial charge in [0.25, 0.3) is 0 Å². The van der Waals surface area contributed by atoms with Crippen LogP contribution in [0, 0.1) is 0 Å². The molecule has 0 fully saturated rings. The Hall–Kier alpha value is -0.790. The van der Waals surface area contributed by atoms with Crippen molar-refractivity contribution in [3.05, 3.63) is 40.4 Å². The highest BCUT2D eigenvalue weighted by molar-refractivity contribution is 6.30. The first-order chi connectivity index (χ1) is 5.81. The van der Waals surface area contributed by atoms with Crippen molar-refractivity contribution in [2.75, 3.05) is 6.54 Å². The van der Waals surface area contributed by atoms with Gasteiger partial charge in [-0.3, -0.25) is 0 Å². The summed E-state index contributed by atoms with van der Waals surface area (Å²) < 4.78 is 0. The Kier molecular flexibility index (Phi) is 1.91. The number of benzene rings is 1. The molecule has 0 spiro atoms. The highest BCUT2D eigenvalue weighted by Gasteiger charge is 2.11. The normalized spacial score (nSPS) is 14.3. The van der Waals surface area contributed by atoms with E-state index in [0.717, 1.165) is 11.4 Å². The molecule has 2 heteroatoms. The molecule has 2 rings (SSSR count). The van der Waals surface area contributed by atoms with Crippen LogP contribution in [-0.2, 0) is 6.42 Å². The van der Waals surface area contributed by atoms with Crippen LogP contribution in [0.2, 0.25) is 5.02 Å². The van der Waals surface area contributed by atoms with Crippen LogP contribution in [0.25, 0.3) is 5.57 Å². The predicted octanol–water partition coefficient (Wildman–Crippen LogP) is 2.24. The smallest absolute Gasteiger partial charge is 0.0409 e. The maximum Gasteiger partial charge on any atom is 0.0409 e. The minimum atomic E-state index is 0.620. The summed E-state index contributed by atoms with van der Waals surface area (Å²) >= 11 is 5.86. The number of hydrogen-bond donors (Lipinski definition) is 1. The Labute approximate surface area is 76.8 Å². The molecular weight excluding hydrogens is 170 g/mol. The lowest BCUT2D eigenvalue weighted by atomic mass is 10.1. The Balaban J connectivity index is 2.47. The van der Waals surface area contributed by atoms with Crippen molar-refractivity contribution in [2.24, 2.45) is 5.73 Å². The summed E-state index contributed by atoms with van der Waals surface area (Å²) in [5, 5.41) is 0.806. The van der Waals surface area contributed by atoms with Gasteiger partial charge in [0, 0.05) is 11.6 Å². The molecule has 2 N–H and O–H groups in total. The van der Waals surface area contributed by atoms with Gasteiger partial charge >= 0.3 is 0 Å². The molecule has 0 bridgehead atoms. The summed E-state index contributed by atoms with van der Waals surface area (Å²) in [5.41, 5.74) is 9.38. The van der Waals surface area contributed by atoms with E-state index in [2.05, 4.69) is 6.08 Å². The molecular formula is C10H10ClN. The van der Waals surface area contributed by atoms with Crippen LogP contribution in [0.3, 0.4) is 0 Å². The van der Waals surface area contributed by atoms with Crippen LogP contribution >= 0.6 is 11.6 Å². The first-order valence-corrected chi connectivity index (χ1v) is 4.37. The number of hydrogen-bond acceptors (Lipinski definition) is 1. The molecule has 0 atom stereocenters. The molecule has 1 aromatic rings. The molecule has 0 saturated carbocycles. The number of nitrogens with two attached hydrogens (primary N) is 1. The van der Waals surface area contributed by atoms with Crippen LogP contribution < -0.4 is 5.73 Å². The largest absolute Gasteiger partial charge is 0.326 e. The molecule has 0 radical (unpaired) electrons. The summed E-state index contributed by atoms with van der Waals surface area (Å²) in [7, 11) is 0. The van der Waals surface area contributed by atoms with Crippen LogP contribution in [0.1, 0.15) is 11.1 Å². The standard InChI is InChI=1S/C10H10ClN/c11-9-3-4-10-7(5-9)1-2-8(10)6-12/h2-5H,1,6,12H2. The molecule has 1 nitrogen and oxygen atoms in total. The van der Waals surface area contributed by atoms with Gasteiger partial charge in [0.2, 0.25) is 0 Å². The predicted molar refractivity (Wildman–Crippen MR) is 52.2 cm³/mol. The van der Waals surface area contributed by atoms with Crippen molar-refractivity contribution in [1.82, 2.24) is 0 Å². The summed E-state index contributed by atoms with van der Waals surface area (Å²) in [6, 6.07) is 5.97. The van der Waals surface area contributed by atoms with Crippen molar-refractivity contribution in [3.63, 3.8) is 0 Å². The van der Waals surface area contributed by atoms with Gasteiger partial charge in [-0.1, -0.05) is 23.7 Å². The zero-order chi connectivity index (χ0) is 8.55. The van der Waals surface area contributed by atoms with Crippen LogP contribution in [0.15, 0.2) is 24.3 Å². The summed E-state index contributed by atoms with van der Waals surface area (Å²) in [6.45, 7) is 0.620. The van der Waals surface area contributed by atoms with E-state index in [-0.39, 0.29) is 0 Å². The second-order valence-corrected chi connectivity index (χ2v) is 3.38. The summed E-state index contributed by atoms with van der Waals surface area (Å²) in [6.07, 6.45) is 3.14. The van der Waals surface area contributed by atoms with Gasteiger partial charge in [-0.15, -0.1) is 0 Å². The van der Waals surface area contributed by atoms with E-state index in [1.54, 1.807) is 0 Å². The third-order valence-corrected chi connectivity index (χ3v) is 2.44. The van der Waals surface area contributed by atoms with Gasteiger partial charge in [-0.05, 0) is 35.3 Å². The fraction of sp³-hybridized carbons (Fsp3) is 0.200. The molecule has 0 saturated heterocycles. The number of rotatable bonds is 1. The Morgan fingerprint density at radius 2 is 2.25 bits per heavy atom. The highest BCUT2D eigenvalue weighted by atomic mass is 35.5. The van der Waals surface area contributed by atoms with Crippen LogP contribution in [0.4, 0.5) is 0 Å². The molecule has 0 unspecified atom stereocenters. The molecule has 12 heavy (non-hydrogen) atoms. The zero-order valence-corrected chi connectivity index (χ0v) is 7.43. The second-order valence-electron chi connectivity index (χ2n) is 2.94. The first kappa shape index (κ1) is 7.84. The minimum absolute atomic E-state index is 0.620. The van der Waals surface area contributed by atoms with E-state index >= 15 is 0 Å². The Bertz CT molecular complexity index is 342. The van der Waals surface area contributed by atoms with Gasteiger partial charge in [0.05, 0.1) is 0 Å². The lowest BCUT2D eigenvalue weighted by Gasteiger charge is -2.02. The fourth-order valence-corrected chi connectivity index (χ4v) is 1.78. The van der Waals surface area contributed by atoms with Crippen molar-refractivity contribution >= 4 is 17.2 Å². The Morgan fingerprint density at radius 1 is 1.42 bits per heavy atom. The van der Waals surface area contributed by atoms with Gasteiger partial charge in [-0.2, -0.15) is 0 Å². The summed E-state index contributed by atoms with van der Waals surface area (Å²) in [4.78, 5) is 0. The van der Waals surface area contributed by atoms with E-state index < -0.39 is 0 Å². The lowest BCUT2D eigenvalue weighted by molar-refractivity contribution is 1.27. The molecule has 0 amide bonds. The average molecular weight is 180 g/mol. The van der Waals surface area contributed by atoms with Crippen LogP contribution in [0.5, 0.6) is 0 Å². The van der Waals surface area contributed by atoms with Gasteiger partial charge < -0.3 is 5.73 Å². The Morgan fingerprint density at radius 3 is 3.00 bits per heavy atom. The molecule has 0 heterocycles. The number of allylic oxidation sites excluding steroid dienone is 1. The average Bonchev–Trinajstić information content (AvgIpc) is 2.46. The highest BCUT2D eigenvalue weighted by Crippen LogP contribution is 2.28. The molecule has 62 valence electrons. The first-order valence-electron chi connectivity index (χ1n) is 3.99. The lowest BCUT2D eigenvalue weighted by Crippen LogP contribution is -2.00. The summed E-state index contributed by atoms with van der Waals surface area (Å²) in [5.74, 6) is 0. The topological polar surface area (TPSA) is 26.0 Å². The van der Waals surface area contributed by atoms with Crippen molar-refractivity contribution in [2.45, 2.75) is 6.42 Å². The third-order valence-electron chi connectivity index (χ3n) is 2.20. The number of halogens is 1. The molecule has 1 aromatic carbocycles. The third kappa shape index (κ3) is 1.15. The fourth-order valence-electron chi connectivity index (χ4n) is 1.58. The molecule has 1 aliphatic carbocycles.